The van der Waals surface area contributed by atoms with Gasteiger partial charge in [0.25, 0.3) is 0 Å². The number of nitrogens with one attached hydrogen (secondary N) is 3. The van der Waals surface area contributed by atoms with E-state index in [4.69, 9.17) is 0 Å². The third-order valence-electron chi connectivity index (χ3n) is 3.51. The van der Waals surface area contributed by atoms with Crippen LogP contribution in [0.3, 0.4) is 0 Å². The van der Waals surface area contributed by atoms with Gasteiger partial charge in [0, 0.05) is 19.1 Å². The molecule has 0 unspecified atom stereocenters. The summed E-state index contributed by atoms with van der Waals surface area (Å²) in [6.45, 7) is 8.05. The Bertz CT molecular complexity index is 320. The van der Waals surface area contributed by atoms with Gasteiger partial charge in [-0.2, -0.15) is 0 Å². The van der Waals surface area contributed by atoms with Gasteiger partial charge >= 0.3 is 6.03 Å². The van der Waals surface area contributed by atoms with Crippen LogP contribution in [0, 0.1) is 11.8 Å². The van der Waals surface area contributed by atoms with E-state index in [1.807, 2.05) is 13.8 Å². The molecule has 3 N–H and O–H groups in total. The van der Waals surface area contributed by atoms with Crippen molar-refractivity contribution in [2.24, 2.45) is 11.8 Å². The van der Waals surface area contributed by atoms with Crippen LogP contribution in [0.1, 0.15) is 13.8 Å². The van der Waals surface area contributed by atoms with E-state index < -0.39 is 6.03 Å². The number of amides is 3. The van der Waals surface area contributed by atoms with Crippen molar-refractivity contribution >= 4 is 11.9 Å². The number of carbonyl (C=O) groups is 2. The van der Waals surface area contributed by atoms with Crippen molar-refractivity contribution in [2.45, 2.75) is 19.9 Å². The van der Waals surface area contributed by atoms with E-state index in [0.717, 1.165) is 26.2 Å². The molecule has 0 saturated carbocycles. The third kappa shape index (κ3) is 3.43. The van der Waals surface area contributed by atoms with Crippen LogP contribution in [0.15, 0.2) is 0 Å². The summed E-state index contributed by atoms with van der Waals surface area (Å²) in [6.07, 6.45) is 0. The zero-order valence-corrected chi connectivity index (χ0v) is 11.0. The van der Waals surface area contributed by atoms with Crippen LogP contribution in [0.5, 0.6) is 0 Å². The van der Waals surface area contributed by atoms with Crippen LogP contribution in [-0.4, -0.2) is 55.6 Å². The van der Waals surface area contributed by atoms with E-state index in [2.05, 4.69) is 20.9 Å². The predicted octanol–water partition coefficient (Wildman–Crippen LogP) is -0.628. The topological polar surface area (TPSA) is 73.5 Å². The van der Waals surface area contributed by atoms with Crippen molar-refractivity contribution in [3.05, 3.63) is 0 Å². The molecule has 6 nitrogen and oxygen atoms in total. The highest BCUT2D eigenvalue weighted by molar-refractivity contribution is 5.95. The maximum absolute atomic E-state index is 11.7. The van der Waals surface area contributed by atoms with E-state index in [-0.39, 0.29) is 11.9 Å². The van der Waals surface area contributed by atoms with Gasteiger partial charge in [0.2, 0.25) is 5.91 Å². The molecule has 2 aliphatic rings. The van der Waals surface area contributed by atoms with Crippen molar-refractivity contribution in [2.75, 3.05) is 32.7 Å². The fourth-order valence-electron chi connectivity index (χ4n) is 2.75. The van der Waals surface area contributed by atoms with Crippen LogP contribution < -0.4 is 16.0 Å². The summed E-state index contributed by atoms with van der Waals surface area (Å²) in [5.74, 6) is 1.12. The second kappa shape index (κ2) is 5.67. The van der Waals surface area contributed by atoms with Crippen LogP contribution in [0.25, 0.3) is 0 Å². The summed E-state index contributed by atoms with van der Waals surface area (Å²) in [7, 11) is 0. The number of hydrogen-bond acceptors (Lipinski definition) is 4. The Kier molecular flexibility index (Phi) is 4.19. The number of rotatable bonds is 3. The molecule has 2 atom stereocenters. The average Bonchev–Trinajstić information content (AvgIpc) is 2.74. The summed E-state index contributed by atoms with van der Waals surface area (Å²) in [5, 5.41) is 8.36. The SMILES string of the molecule is CC(C)NC(=O)NC(=O)CN1C[C@H]2CNC[C@H]2C1. The third-order valence-corrected chi connectivity index (χ3v) is 3.51. The Morgan fingerprint density at radius 3 is 2.44 bits per heavy atom. The molecule has 102 valence electrons. The van der Waals surface area contributed by atoms with Gasteiger partial charge in [0.1, 0.15) is 0 Å². The Labute approximate surface area is 107 Å². The minimum absolute atomic E-state index is 0.0371. The first-order valence-corrected chi connectivity index (χ1v) is 6.58. The number of carbonyl (C=O) groups excluding carboxylic acids is 2. The molecule has 0 aromatic carbocycles. The number of likely N-dealkylation sites (tertiary alicyclic amines) is 1. The van der Waals surface area contributed by atoms with Crippen molar-refractivity contribution < 1.29 is 9.59 Å². The number of fused-ring (bicyclic) bond motifs is 1. The second-order valence-electron chi connectivity index (χ2n) is 5.55. The van der Waals surface area contributed by atoms with Gasteiger partial charge in [-0.3, -0.25) is 15.0 Å². The van der Waals surface area contributed by atoms with Crippen molar-refractivity contribution in [3.63, 3.8) is 0 Å². The summed E-state index contributed by atoms with van der Waals surface area (Å²) in [5.41, 5.74) is 0. The lowest BCUT2D eigenvalue weighted by Crippen LogP contribution is -2.46. The smallest absolute Gasteiger partial charge is 0.321 e. The lowest BCUT2D eigenvalue weighted by molar-refractivity contribution is -0.121. The van der Waals surface area contributed by atoms with Gasteiger partial charge in [-0.1, -0.05) is 0 Å². The van der Waals surface area contributed by atoms with Crippen molar-refractivity contribution in [3.8, 4) is 0 Å². The molecular formula is C12H22N4O2. The van der Waals surface area contributed by atoms with E-state index >= 15 is 0 Å². The largest absolute Gasteiger partial charge is 0.336 e. The Hall–Kier alpha value is -1.14. The molecule has 0 aliphatic carbocycles. The zero-order valence-electron chi connectivity index (χ0n) is 11.0. The van der Waals surface area contributed by atoms with Crippen LogP contribution >= 0.6 is 0 Å². The van der Waals surface area contributed by atoms with Crippen LogP contribution in [0.2, 0.25) is 0 Å². The highest BCUT2D eigenvalue weighted by Gasteiger charge is 2.36. The van der Waals surface area contributed by atoms with E-state index in [0.29, 0.717) is 18.4 Å². The zero-order chi connectivity index (χ0) is 13.1. The van der Waals surface area contributed by atoms with Gasteiger partial charge in [-0.05, 0) is 38.8 Å². The number of hydrogen-bond donors (Lipinski definition) is 3. The second-order valence-corrected chi connectivity index (χ2v) is 5.55. The Morgan fingerprint density at radius 2 is 1.89 bits per heavy atom. The molecule has 18 heavy (non-hydrogen) atoms. The molecule has 2 heterocycles. The molecule has 3 amide bonds. The van der Waals surface area contributed by atoms with Crippen LogP contribution in [0.4, 0.5) is 4.79 Å². The molecule has 0 radical (unpaired) electrons. The lowest BCUT2D eigenvalue weighted by Gasteiger charge is -2.16. The quantitative estimate of drug-likeness (QED) is 0.627. The predicted molar refractivity (Wildman–Crippen MR) is 68.1 cm³/mol. The Morgan fingerprint density at radius 1 is 1.28 bits per heavy atom. The van der Waals surface area contributed by atoms with Gasteiger partial charge in [0.05, 0.1) is 6.54 Å². The van der Waals surface area contributed by atoms with Gasteiger partial charge in [-0.25, -0.2) is 4.79 Å². The van der Waals surface area contributed by atoms with E-state index in [1.54, 1.807) is 0 Å². The summed E-state index contributed by atoms with van der Waals surface area (Å²) in [6, 6.07) is -0.369. The summed E-state index contributed by atoms with van der Waals surface area (Å²) < 4.78 is 0. The number of nitrogens with zero attached hydrogens (tertiary/aromatic N) is 1. The maximum Gasteiger partial charge on any atom is 0.321 e. The number of urea groups is 1. The molecule has 2 rings (SSSR count). The molecular weight excluding hydrogens is 232 g/mol. The van der Waals surface area contributed by atoms with E-state index in [9.17, 15) is 9.59 Å². The summed E-state index contributed by atoms with van der Waals surface area (Å²) >= 11 is 0. The molecule has 2 fully saturated rings. The van der Waals surface area contributed by atoms with Crippen LogP contribution in [-0.2, 0) is 4.79 Å². The molecule has 0 bridgehead atoms. The minimum Gasteiger partial charge on any atom is -0.336 e. The van der Waals surface area contributed by atoms with Gasteiger partial charge < -0.3 is 10.6 Å². The molecule has 0 aromatic heterocycles. The highest BCUT2D eigenvalue weighted by Crippen LogP contribution is 2.25. The standard InChI is InChI=1S/C12H22N4O2/c1-8(2)14-12(18)15-11(17)7-16-5-9-3-13-4-10(9)6-16/h8-10,13H,3-7H2,1-2H3,(H2,14,15,17,18)/t9-,10+. The fourth-order valence-corrected chi connectivity index (χ4v) is 2.75. The van der Waals surface area contributed by atoms with Crippen molar-refractivity contribution in [1.29, 1.82) is 0 Å². The fraction of sp³-hybridized carbons (Fsp3) is 0.833. The van der Waals surface area contributed by atoms with Gasteiger partial charge in [0.15, 0.2) is 0 Å². The van der Waals surface area contributed by atoms with Gasteiger partial charge in [-0.15, -0.1) is 0 Å². The number of imide groups is 1. The molecule has 0 spiro atoms. The molecule has 0 aromatic rings. The molecule has 2 aliphatic heterocycles. The molecule has 6 heteroatoms. The lowest BCUT2D eigenvalue weighted by atomic mass is 10.0. The normalized spacial score (nSPS) is 27.3. The summed E-state index contributed by atoms with van der Waals surface area (Å²) in [4.78, 5) is 25.2. The maximum atomic E-state index is 11.7. The Balaban J connectivity index is 1.70. The van der Waals surface area contributed by atoms with E-state index in [1.165, 1.54) is 0 Å². The van der Waals surface area contributed by atoms with Crippen molar-refractivity contribution in [1.82, 2.24) is 20.9 Å². The average molecular weight is 254 g/mol. The molecule has 2 saturated heterocycles. The first kappa shape index (κ1) is 13.3. The highest BCUT2D eigenvalue weighted by atomic mass is 16.2. The first-order valence-electron chi connectivity index (χ1n) is 6.58. The first-order chi connectivity index (χ1) is 8.54. The minimum atomic E-state index is -0.406. The monoisotopic (exact) mass is 254 g/mol.